The fraction of sp³-hybridized carbons (Fsp3) is 1.00. The molecule has 0 spiro atoms. The molecule has 1 saturated heterocycles. The minimum atomic E-state index is -0.0573. The number of hydrogen-bond acceptors (Lipinski definition) is 1. The van der Waals surface area contributed by atoms with Gasteiger partial charge in [0.15, 0.2) is 0 Å². The van der Waals surface area contributed by atoms with Crippen molar-refractivity contribution in [2.75, 3.05) is 13.2 Å². The Kier molecular flexibility index (Phi) is 2.69. The molecule has 2 nitrogen and oxygen atoms in total. The zero-order valence-electron chi connectivity index (χ0n) is 6.64. The van der Waals surface area contributed by atoms with E-state index in [4.69, 9.17) is 5.11 Å². The molecule has 0 aliphatic carbocycles. The van der Waals surface area contributed by atoms with Crippen LogP contribution in [0.25, 0.3) is 0 Å². The molecule has 10 heavy (non-hydrogen) atoms. The van der Waals surface area contributed by atoms with Crippen LogP contribution in [0.5, 0.6) is 0 Å². The first-order valence-corrected chi connectivity index (χ1v) is 4.12. The topological polar surface area (TPSA) is 34.3 Å². The average Bonchev–Trinajstić information content (AvgIpc) is 2.06. The Morgan fingerprint density at radius 2 is 2.30 bits per heavy atom. The lowest BCUT2D eigenvalue weighted by Crippen LogP contribution is -2.45. The van der Waals surface area contributed by atoms with Crippen LogP contribution in [-0.2, 0) is 0 Å². The molecule has 59 valence electrons. The third kappa shape index (κ3) is 1.50. The van der Waals surface area contributed by atoms with Crippen LogP contribution in [0.3, 0.4) is 0 Å². The molecular formula is C8H16NO. The van der Waals surface area contributed by atoms with E-state index in [1.54, 1.807) is 0 Å². The molecule has 1 aliphatic heterocycles. The van der Waals surface area contributed by atoms with Crippen LogP contribution in [0.2, 0.25) is 0 Å². The highest BCUT2D eigenvalue weighted by atomic mass is 16.3. The van der Waals surface area contributed by atoms with Crippen molar-refractivity contribution in [2.45, 2.75) is 38.1 Å². The van der Waals surface area contributed by atoms with Gasteiger partial charge < -0.3 is 5.11 Å². The molecule has 1 N–H and O–H groups in total. The molecule has 0 bridgehead atoms. The summed E-state index contributed by atoms with van der Waals surface area (Å²) >= 11 is 0. The predicted octanol–water partition coefficient (Wildman–Crippen LogP) is 0.916. The number of aliphatic hydroxyl groups excluding tert-OH is 1. The second kappa shape index (κ2) is 3.35. The molecule has 1 aliphatic rings. The first-order valence-electron chi connectivity index (χ1n) is 4.12. The van der Waals surface area contributed by atoms with Crippen LogP contribution in [0, 0.1) is 0 Å². The van der Waals surface area contributed by atoms with Crippen LogP contribution in [0.15, 0.2) is 0 Å². The number of rotatable bonds is 2. The smallest absolute Gasteiger partial charge is 0.0629 e. The molecule has 1 fully saturated rings. The first kappa shape index (κ1) is 8.02. The van der Waals surface area contributed by atoms with Crippen LogP contribution in [-0.4, -0.2) is 23.8 Å². The summed E-state index contributed by atoms with van der Waals surface area (Å²) in [6.45, 7) is 3.29. The van der Waals surface area contributed by atoms with E-state index in [1.807, 2.05) is 0 Å². The zero-order valence-corrected chi connectivity index (χ0v) is 6.64. The summed E-state index contributed by atoms with van der Waals surface area (Å²) in [5.41, 5.74) is -0.0573. The fourth-order valence-corrected chi connectivity index (χ4v) is 1.49. The highest BCUT2D eigenvalue weighted by Crippen LogP contribution is 2.23. The predicted molar refractivity (Wildman–Crippen MR) is 41.0 cm³/mol. The molecule has 0 aromatic carbocycles. The van der Waals surface area contributed by atoms with Crippen molar-refractivity contribution in [1.29, 1.82) is 0 Å². The maximum Gasteiger partial charge on any atom is 0.0629 e. The van der Waals surface area contributed by atoms with E-state index in [1.165, 1.54) is 12.8 Å². The highest BCUT2D eigenvalue weighted by molar-refractivity contribution is 4.88. The summed E-state index contributed by atoms with van der Waals surface area (Å²) in [6, 6.07) is 0. The van der Waals surface area contributed by atoms with Gasteiger partial charge in [0.2, 0.25) is 0 Å². The van der Waals surface area contributed by atoms with Crippen molar-refractivity contribution >= 4 is 0 Å². The Labute approximate surface area is 62.6 Å². The summed E-state index contributed by atoms with van der Waals surface area (Å²) in [7, 11) is 0. The Balaban J connectivity index is 2.44. The number of hydrogen-bond donors (Lipinski definition) is 1. The van der Waals surface area contributed by atoms with Crippen molar-refractivity contribution < 1.29 is 5.11 Å². The summed E-state index contributed by atoms with van der Waals surface area (Å²) in [6.07, 6.45) is 4.52. The zero-order chi connectivity index (χ0) is 7.45. The molecule has 0 amide bonds. The second-order valence-corrected chi connectivity index (χ2v) is 3.07. The van der Waals surface area contributed by atoms with Gasteiger partial charge in [0.05, 0.1) is 12.1 Å². The van der Waals surface area contributed by atoms with Crippen molar-refractivity contribution in [3.63, 3.8) is 0 Å². The second-order valence-electron chi connectivity index (χ2n) is 3.07. The fourth-order valence-electron chi connectivity index (χ4n) is 1.49. The highest BCUT2D eigenvalue weighted by Gasteiger charge is 2.29. The lowest BCUT2D eigenvalue weighted by molar-refractivity contribution is 0.124. The number of aliphatic hydroxyl groups is 1. The SMILES string of the molecule is CCC1(CO)CCCC[N]1. The minimum Gasteiger partial charge on any atom is -0.394 e. The average molecular weight is 142 g/mol. The normalized spacial score (nSPS) is 34.2. The maximum absolute atomic E-state index is 9.05. The van der Waals surface area contributed by atoms with E-state index in [0.29, 0.717) is 0 Å². The van der Waals surface area contributed by atoms with Crippen LogP contribution in [0.1, 0.15) is 32.6 Å². The lowest BCUT2D eigenvalue weighted by Gasteiger charge is -2.33. The summed E-state index contributed by atoms with van der Waals surface area (Å²) < 4.78 is 0. The molecule has 1 atom stereocenters. The molecule has 0 aromatic heterocycles. The Morgan fingerprint density at radius 1 is 1.50 bits per heavy atom. The van der Waals surface area contributed by atoms with E-state index >= 15 is 0 Å². The number of piperidine rings is 1. The van der Waals surface area contributed by atoms with E-state index in [2.05, 4.69) is 12.2 Å². The van der Waals surface area contributed by atoms with Gasteiger partial charge in [-0.05, 0) is 19.3 Å². The summed E-state index contributed by atoms with van der Waals surface area (Å²) in [5, 5.41) is 13.5. The Hall–Kier alpha value is -0.0800. The maximum atomic E-state index is 9.05. The van der Waals surface area contributed by atoms with E-state index < -0.39 is 0 Å². The molecule has 1 unspecified atom stereocenters. The van der Waals surface area contributed by atoms with Gasteiger partial charge in [-0.1, -0.05) is 13.3 Å². The molecular weight excluding hydrogens is 126 g/mol. The molecule has 1 heterocycles. The van der Waals surface area contributed by atoms with Crippen molar-refractivity contribution in [2.24, 2.45) is 0 Å². The standard InChI is InChI=1S/C8H16NO/c1-2-8(7-10)5-3-4-6-9-8/h10H,2-7H2,1H3. The van der Waals surface area contributed by atoms with Gasteiger partial charge in [-0.3, -0.25) is 0 Å². The van der Waals surface area contributed by atoms with Crippen molar-refractivity contribution in [3.8, 4) is 0 Å². The molecule has 0 saturated carbocycles. The first-order chi connectivity index (χ1) is 4.83. The van der Waals surface area contributed by atoms with Gasteiger partial charge in [0, 0.05) is 6.54 Å². The molecule has 1 rings (SSSR count). The van der Waals surface area contributed by atoms with Gasteiger partial charge in [-0.15, -0.1) is 0 Å². The third-order valence-electron chi connectivity index (χ3n) is 2.45. The number of nitrogens with zero attached hydrogens (tertiary/aromatic N) is 1. The Morgan fingerprint density at radius 3 is 2.60 bits per heavy atom. The van der Waals surface area contributed by atoms with Crippen molar-refractivity contribution in [3.05, 3.63) is 0 Å². The monoisotopic (exact) mass is 142 g/mol. The Bertz CT molecular complexity index is 91.4. The minimum absolute atomic E-state index is 0.0573. The molecule has 1 radical (unpaired) electrons. The van der Waals surface area contributed by atoms with Gasteiger partial charge >= 0.3 is 0 Å². The molecule has 2 heteroatoms. The van der Waals surface area contributed by atoms with E-state index in [9.17, 15) is 0 Å². The summed E-state index contributed by atoms with van der Waals surface area (Å²) in [5.74, 6) is 0. The van der Waals surface area contributed by atoms with Gasteiger partial charge in [-0.2, -0.15) is 0 Å². The van der Waals surface area contributed by atoms with Gasteiger partial charge in [0.25, 0.3) is 0 Å². The van der Waals surface area contributed by atoms with Gasteiger partial charge in [0.1, 0.15) is 0 Å². The van der Waals surface area contributed by atoms with E-state index in [0.717, 1.165) is 19.4 Å². The lowest BCUT2D eigenvalue weighted by atomic mass is 9.87. The largest absolute Gasteiger partial charge is 0.394 e. The molecule has 0 aromatic rings. The van der Waals surface area contributed by atoms with E-state index in [-0.39, 0.29) is 12.1 Å². The van der Waals surface area contributed by atoms with Crippen LogP contribution in [0.4, 0.5) is 0 Å². The van der Waals surface area contributed by atoms with Crippen LogP contribution >= 0.6 is 0 Å². The van der Waals surface area contributed by atoms with Crippen LogP contribution < -0.4 is 5.32 Å². The van der Waals surface area contributed by atoms with Crippen molar-refractivity contribution in [1.82, 2.24) is 5.32 Å². The van der Waals surface area contributed by atoms with Gasteiger partial charge in [-0.25, -0.2) is 5.32 Å². The quantitative estimate of drug-likeness (QED) is 0.611. The third-order valence-corrected chi connectivity index (χ3v) is 2.45. The summed E-state index contributed by atoms with van der Waals surface area (Å²) in [4.78, 5) is 0.